The van der Waals surface area contributed by atoms with Gasteiger partial charge in [0.2, 0.25) is 0 Å². The summed E-state index contributed by atoms with van der Waals surface area (Å²) >= 11 is 3.47. The van der Waals surface area contributed by atoms with Crippen LogP contribution < -0.4 is 10.5 Å². The molecule has 0 spiro atoms. The number of rotatable bonds is 5. The smallest absolute Gasteiger partial charge is 0.157 e. The Bertz CT molecular complexity index is 547. The summed E-state index contributed by atoms with van der Waals surface area (Å²) < 4.78 is 28.7. The standard InChI is InChI=1S/C13H18BrNO3S/c1-9(4-5-15)10-2-3-13(12(14)6-10)18-11-7-19(16,17)8-11/h2-3,6,9,11H,4-5,7-8,15H2,1H3. The molecule has 1 unspecified atom stereocenters. The fraction of sp³-hybridized carbons (Fsp3) is 0.538. The zero-order valence-corrected chi connectivity index (χ0v) is 13.2. The Morgan fingerprint density at radius 2 is 2.16 bits per heavy atom. The molecule has 1 aliphatic heterocycles. The molecule has 0 saturated carbocycles. The molecule has 0 aromatic heterocycles. The Kier molecular flexibility index (Phi) is 4.53. The van der Waals surface area contributed by atoms with Crippen LogP contribution in [0, 0.1) is 0 Å². The highest BCUT2D eigenvalue weighted by Gasteiger charge is 2.35. The molecule has 0 amide bonds. The minimum atomic E-state index is -2.85. The second-order valence-corrected chi connectivity index (χ2v) is 7.99. The van der Waals surface area contributed by atoms with Crippen LogP contribution in [0.2, 0.25) is 0 Å². The molecule has 2 N–H and O–H groups in total. The summed E-state index contributed by atoms with van der Waals surface area (Å²) in [4.78, 5) is 0. The molecule has 6 heteroatoms. The molecule has 1 aromatic carbocycles. The maximum Gasteiger partial charge on any atom is 0.157 e. The number of halogens is 1. The van der Waals surface area contributed by atoms with Crippen LogP contribution in [0.5, 0.6) is 5.75 Å². The first-order chi connectivity index (χ1) is 8.91. The molecule has 1 heterocycles. The van der Waals surface area contributed by atoms with Crippen LogP contribution >= 0.6 is 15.9 Å². The largest absolute Gasteiger partial charge is 0.487 e. The van der Waals surface area contributed by atoms with E-state index in [0.29, 0.717) is 18.2 Å². The highest BCUT2D eigenvalue weighted by atomic mass is 79.9. The van der Waals surface area contributed by atoms with Crippen molar-refractivity contribution in [2.45, 2.75) is 25.4 Å². The van der Waals surface area contributed by atoms with Crippen LogP contribution in [0.1, 0.15) is 24.8 Å². The lowest BCUT2D eigenvalue weighted by Crippen LogP contribution is -2.45. The van der Waals surface area contributed by atoms with Gasteiger partial charge in [-0.15, -0.1) is 0 Å². The van der Waals surface area contributed by atoms with Crippen LogP contribution in [0.3, 0.4) is 0 Å². The third kappa shape index (κ3) is 3.70. The van der Waals surface area contributed by atoms with E-state index in [4.69, 9.17) is 10.5 Å². The molecule has 1 fully saturated rings. The van der Waals surface area contributed by atoms with Crippen LogP contribution in [0.25, 0.3) is 0 Å². The Morgan fingerprint density at radius 3 is 2.68 bits per heavy atom. The minimum Gasteiger partial charge on any atom is -0.487 e. The summed E-state index contributed by atoms with van der Waals surface area (Å²) in [7, 11) is -2.85. The predicted octanol–water partition coefficient (Wildman–Crippen LogP) is 2.08. The molecule has 19 heavy (non-hydrogen) atoms. The van der Waals surface area contributed by atoms with Crippen molar-refractivity contribution < 1.29 is 13.2 Å². The number of benzene rings is 1. The van der Waals surface area contributed by atoms with Gasteiger partial charge in [-0.25, -0.2) is 8.42 Å². The fourth-order valence-electron chi connectivity index (χ4n) is 2.10. The number of ether oxygens (including phenoxy) is 1. The van der Waals surface area contributed by atoms with Gasteiger partial charge < -0.3 is 10.5 Å². The number of sulfone groups is 1. The van der Waals surface area contributed by atoms with Gasteiger partial charge in [0.05, 0.1) is 16.0 Å². The quantitative estimate of drug-likeness (QED) is 0.885. The third-order valence-corrected chi connectivity index (χ3v) is 5.68. The number of hydrogen-bond acceptors (Lipinski definition) is 4. The predicted molar refractivity (Wildman–Crippen MR) is 79.3 cm³/mol. The SMILES string of the molecule is CC(CCN)c1ccc(OC2CS(=O)(=O)C2)c(Br)c1. The molecule has 2 rings (SSSR count). The summed E-state index contributed by atoms with van der Waals surface area (Å²) in [6, 6.07) is 5.91. The Hall–Kier alpha value is -0.590. The fourth-order valence-corrected chi connectivity index (χ4v) is 3.76. The molecule has 1 aliphatic rings. The lowest BCUT2D eigenvalue weighted by molar-refractivity contribution is 0.229. The first-order valence-electron chi connectivity index (χ1n) is 6.28. The van der Waals surface area contributed by atoms with Crippen molar-refractivity contribution in [1.82, 2.24) is 0 Å². The summed E-state index contributed by atoms with van der Waals surface area (Å²) in [5.41, 5.74) is 6.76. The van der Waals surface area contributed by atoms with Gasteiger partial charge in [-0.2, -0.15) is 0 Å². The molecule has 0 aliphatic carbocycles. The van der Waals surface area contributed by atoms with E-state index in [0.717, 1.165) is 10.9 Å². The van der Waals surface area contributed by atoms with E-state index >= 15 is 0 Å². The van der Waals surface area contributed by atoms with Crippen LogP contribution in [0.15, 0.2) is 22.7 Å². The molecular weight excluding hydrogens is 330 g/mol. The zero-order valence-electron chi connectivity index (χ0n) is 10.8. The van der Waals surface area contributed by atoms with Crippen molar-refractivity contribution in [2.24, 2.45) is 5.73 Å². The van der Waals surface area contributed by atoms with Crippen LogP contribution in [-0.4, -0.2) is 32.6 Å². The molecule has 0 radical (unpaired) electrons. The summed E-state index contributed by atoms with van der Waals surface area (Å²) in [6.45, 7) is 2.80. The van der Waals surface area contributed by atoms with Crippen LogP contribution in [0.4, 0.5) is 0 Å². The van der Waals surface area contributed by atoms with Gasteiger partial charge in [-0.1, -0.05) is 13.0 Å². The zero-order chi connectivity index (χ0) is 14.0. The second-order valence-electron chi connectivity index (χ2n) is 4.99. The van der Waals surface area contributed by atoms with Gasteiger partial charge >= 0.3 is 0 Å². The maximum absolute atomic E-state index is 11.1. The van der Waals surface area contributed by atoms with E-state index in [1.807, 2.05) is 18.2 Å². The molecule has 106 valence electrons. The van der Waals surface area contributed by atoms with Crippen molar-refractivity contribution in [2.75, 3.05) is 18.1 Å². The Labute approximate surface area is 122 Å². The van der Waals surface area contributed by atoms with Gasteiger partial charge in [0.15, 0.2) is 9.84 Å². The van der Waals surface area contributed by atoms with Crippen molar-refractivity contribution in [3.05, 3.63) is 28.2 Å². The molecule has 1 atom stereocenters. The monoisotopic (exact) mass is 347 g/mol. The highest BCUT2D eigenvalue weighted by Crippen LogP contribution is 2.31. The molecule has 1 aromatic rings. The van der Waals surface area contributed by atoms with Gasteiger partial charge in [0, 0.05) is 0 Å². The number of hydrogen-bond donors (Lipinski definition) is 1. The maximum atomic E-state index is 11.1. The molecule has 1 saturated heterocycles. The van der Waals surface area contributed by atoms with E-state index in [1.54, 1.807) is 0 Å². The van der Waals surface area contributed by atoms with E-state index in [1.165, 1.54) is 5.56 Å². The van der Waals surface area contributed by atoms with Crippen molar-refractivity contribution in [1.29, 1.82) is 0 Å². The first kappa shape index (κ1) is 14.8. The average molecular weight is 348 g/mol. The van der Waals surface area contributed by atoms with Gasteiger partial charge in [0.25, 0.3) is 0 Å². The van der Waals surface area contributed by atoms with Crippen molar-refractivity contribution in [3.8, 4) is 5.75 Å². The minimum absolute atomic E-state index is 0.116. The van der Waals surface area contributed by atoms with E-state index in [9.17, 15) is 8.42 Å². The van der Waals surface area contributed by atoms with E-state index < -0.39 is 9.84 Å². The van der Waals surface area contributed by atoms with Gasteiger partial charge in [-0.3, -0.25) is 0 Å². The number of nitrogens with two attached hydrogens (primary N) is 1. The van der Waals surface area contributed by atoms with Crippen molar-refractivity contribution in [3.63, 3.8) is 0 Å². The topological polar surface area (TPSA) is 69.4 Å². The average Bonchev–Trinajstić information content (AvgIpc) is 2.29. The third-order valence-electron chi connectivity index (χ3n) is 3.30. The first-order valence-corrected chi connectivity index (χ1v) is 8.89. The van der Waals surface area contributed by atoms with E-state index in [-0.39, 0.29) is 17.6 Å². The summed E-state index contributed by atoms with van der Waals surface area (Å²) in [6.07, 6.45) is 0.724. The lowest BCUT2D eigenvalue weighted by Gasteiger charge is -2.27. The van der Waals surface area contributed by atoms with E-state index in [2.05, 4.69) is 22.9 Å². The summed E-state index contributed by atoms with van der Waals surface area (Å²) in [5.74, 6) is 1.33. The normalized spacial score (nSPS) is 19.7. The Balaban J connectivity index is 2.03. The highest BCUT2D eigenvalue weighted by molar-refractivity contribution is 9.10. The second kappa shape index (κ2) is 5.81. The van der Waals surface area contributed by atoms with Crippen molar-refractivity contribution >= 4 is 25.8 Å². The Morgan fingerprint density at radius 1 is 1.47 bits per heavy atom. The molecular formula is C13H18BrNO3S. The molecule has 4 nitrogen and oxygen atoms in total. The lowest BCUT2D eigenvalue weighted by atomic mass is 9.98. The summed E-state index contributed by atoms with van der Waals surface area (Å²) in [5, 5.41) is 0. The van der Waals surface area contributed by atoms with Gasteiger partial charge in [-0.05, 0) is 52.5 Å². The van der Waals surface area contributed by atoms with Gasteiger partial charge in [0.1, 0.15) is 11.9 Å². The van der Waals surface area contributed by atoms with Crippen LogP contribution in [-0.2, 0) is 9.84 Å². The molecule has 0 bridgehead atoms.